The molecule has 0 aromatic rings. The molecular formula is C11H14N2. The van der Waals surface area contributed by atoms with E-state index in [1.54, 1.807) is 0 Å². The van der Waals surface area contributed by atoms with Crippen LogP contribution in [0.2, 0.25) is 0 Å². The van der Waals surface area contributed by atoms with Crippen LogP contribution in [0.3, 0.4) is 0 Å². The molecule has 2 rings (SSSR count). The monoisotopic (exact) mass is 174 g/mol. The smallest absolute Gasteiger partial charge is 0.0538 e. The highest BCUT2D eigenvalue weighted by atomic mass is 15.2. The number of hydrogen-bond donors (Lipinski definition) is 0. The lowest BCUT2D eigenvalue weighted by Crippen LogP contribution is -1.96. The van der Waals surface area contributed by atoms with Crippen LogP contribution < -0.4 is 0 Å². The van der Waals surface area contributed by atoms with Gasteiger partial charge in [0.25, 0.3) is 0 Å². The lowest BCUT2D eigenvalue weighted by atomic mass is 9.94. The maximum Gasteiger partial charge on any atom is 0.0538 e. The van der Waals surface area contributed by atoms with E-state index in [9.17, 15) is 0 Å². The van der Waals surface area contributed by atoms with Crippen LogP contribution in [0.15, 0.2) is 27.4 Å². The van der Waals surface area contributed by atoms with Crippen molar-refractivity contribution in [1.82, 2.24) is 0 Å². The summed E-state index contributed by atoms with van der Waals surface area (Å²) in [7, 11) is 0. The quantitative estimate of drug-likeness (QED) is 0.539. The van der Waals surface area contributed by atoms with Crippen molar-refractivity contribution in [3.63, 3.8) is 0 Å². The second-order valence-electron chi connectivity index (χ2n) is 3.58. The molecule has 0 radical (unpaired) electrons. The summed E-state index contributed by atoms with van der Waals surface area (Å²) < 4.78 is 0. The van der Waals surface area contributed by atoms with Crippen molar-refractivity contribution >= 4 is 12.1 Å². The highest BCUT2D eigenvalue weighted by Crippen LogP contribution is 2.22. The van der Waals surface area contributed by atoms with Gasteiger partial charge in [0.15, 0.2) is 0 Å². The van der Waals surface area contributed by atoms with E-state index in [1.807, 2.05) is 12.3 Å². The number of allylic oxidation sites excluding steroid dienone is 3. The van der Waals surface area contributed by atoms with Crippen molar-refractivity contribution in [2.75, 3.05) is 0 Å². The zero-order valence-corrected chi connectivity index (χ0v) is 7.79. The van der Waals surface area contributed by atoms with E-state index in [-0.39, 0.29) is 0 Å². The second-order valence-corrected chi connectivity index (χ2v) is 3.58. The lowest BCUT2D eigenvalue weighted by Gasteiger charge is -2.11. The molecule has 1 aliphatic carbocycles. The van der Waals surface area contributed by atoms with Crippen molar-refractivity contribution in [3.8, 4) is 0 Å². The van der Waals surface area contributed by atoms with Crippen LogP contribution >= 0.6 is 0 Å². The fraction of sp³-hybridized carbons (Fsp3) is 0.545. The highest BCUT2D eigenvalue weighted by molar-refractivity contribution is 5.83. The third-order valence-corrected chi connectivity index (χ3v) is 2.62. The van der Waals surface area contributed by atoms with Gasteiger partial charge in [0.2, 0.25) is 0 Å². The van der Waals surface area contributed by atoms with Gasteiger partial charge in [-0.1, -0.05) is 12.8 Å². The topological polar surface area (TPSA) is 24.7 Å². The van der Waals surface area contributed by atoms with Gasteiger partial charge in [0, 0.05) is 11.9 Å². The minimum atomic E-state index is 1.16. The molecule has 0 spiro atoms. The molecule has 0 saturated carbocycles. The Kier molecular flexibility index (Phi) is 2.73. The van der Waals surface area contributed by atoms with Crippen LogP contribution in [0.25, 0.3) is 0 Å². The van der Waals surface area contributed by atoms with Crippen LogP contribution in [0.1, 0.15) is 38.5 Å². The molecule has 0 fully saturated rings. The zero-order valence-electron chi connectivity index (χ0n) is 7.79. The van der Waals surface area contributed by atoms with Crippen molar-refractivity contribution in [2.24, 2.45) is 10.2 Å². The van der Waals surface area contributed by atoms with E-state index < -0.39 is 0 Å². The molecule has 2 heteroatoms. The number of nitrogens with zero attached hydrogens (tertiary/aromatic N) is 2. The van der Waals surface area contributed by atoms with Gasteiger partial charge in [0.1, 0.15) is 0 Å². The summed E-state index contributed by atoms with van der Waals surface area (Å²) in [5.41, 5.74) is 2.76. The Balaban J connectivity index is 2.25. The summed E-state index contributed by atoms with van der Waals surface area (Å²) in [5, 5.41) is 7.71. The summed E-state index contributed by atoms with van der Waals surface area (Å²) in [6.45, 7) is 0. The van der Waals surface area contributed by atoms with Gasteiger partial charge in [-0.25, -0.2) is 0 Å². The Labute approximate surface area is 78.8 Å². The molecule has 0 N–H and O–H groups in total. The van der Waals surface area contributed by atoms with Gasteiger partial charge in [-0.2, -0.15) is 5.10 Å². The molecule has 0 saturated heterocycles. The van der Waals surface area contributed by atoms with E-state index in [2.05, 4.69) is 16.1 Å². The van der Waals surface area contributed by atoms with E-state index in [4.69, 9.17) is 0 Å². The highest BCUT2D eigenvalue weighted by Gasteiger charge is 2.07. The van der Waals surface area contributed by atoms with Crippen LogP contribution in [0, 0.1) is 0 Å². The SMILES string of the molecule is C1=CC2=C(C=NN=1)CCCCCC2. The van der Waals surface area contributed by atoms with Gasteiger partial charge in [0.05, 0.1) is 6.21 Å². The first kappa shape index (κ1) is 8.46. The minimum Gasteiger partial charge on any atom is -0.150 e. The minimum absolute atomic E-state index is 1.16. The molecule has 0 bridgehead atoms. The molecule has 2 nitrogen and oxygen atoms in total. The summed E-state index contributed by atoms with van der Waals surface area (Å²) in [4.78, 5) is 0. The number of rotatable bonds is 0. The lowest BCUT2D eigenvalue weighted by molar-refractivity contribution is 0.624. The van der Waals surface area contributed by atoms with E-state index in [0.29, 0.717) is 0 Å². The first-order valence-electron chi connectivity index (χ1n) is 5.00. The predicted octanol–water partition coefficient (Wildman–Crippen LogP) is 2.86. The Hall–Kier alpha value is -1.14. The van der Waals surface area contributed by atoms with E-state index in [0.717, 1.165) is 6.42 Å². The molecule has 0 atom stereocenters. The summed E-state index contributed by atoms with van der Waals surface area (Å²) >= 11 is 0. The summed E-state index contributed by atoms with van der Waals surface area (Å²) in [5.74, 6) is 2.84. The molecule has 68 valence electrons. The third kappa shape index (κ3) is 2.16. The van der Waals surface area contributed by atoms with E-state index >= 15 is 0 Å². The molecule has 1 heterocycles. The van der Waals surface area contributed by atoms with Crippen molar-refractivity contribution in [3.05, 3.63) is 17.2 Å². The molecule has 0 amide bonds. The first-order valence-corrected chi connectivity index (χ1v) is 5.00. The Morgan fingerprint density at radius 3 is 2.62 bits per heavy atom. The Morgan fingerprint density at radius 1 is 1.00 bits per heavy atom. The summed E-state index contributed by atoms with van der Waals surface area (Å²) in [6, 6.07) is 0. The molecule has 0 unspecified atom stereocenters. The van der Waals surface area contributed by atoms with Crippen molar-refractivity contribution in [2.45, 2.75) is 38.5 Å². The normalized spacial score (nSPS) is 22.2. The molecule has 2 aliphatic rings. The largest absolute Gasteiger partial charge is 0.150 e. The van der Waals surface area contributed by atoms with Gasteiger partial charge in [-0.05, 0) is 36.8 Å². The van der Waals surface area contributed by atoms with Gasteiger partial charge in [-0.15, -0.1) is 5.10 Å². The van der Waals surface area contributed by atoms with Gasteiger partial charge < -0.3 is 0 Å². The average Bonchev–Trinajstić information content (AvgIpc) is 2.30. The average molecular weight is 174 g/mol. The third-order valence-electron chi connectivity index (χ3n) is 2.62. The zero-order chi connectivity index (χ0) is 8.93. The maximum absolute atomic E-state index is 3.93. The molecule has 1 aliphatic heterocycles. The van der Waals surface area contributed by atoms with Gasteiger partial charge >= 0.3 is 0 Å². The standard InChI is InChI=1S/C11H14N2/c1-2-4-6-11-9-13-12-8-7-10(11)5-3-1/h7,9H,1-6H2. The molecular weight excluding hydrogens is 160 g/mol. The van der Waals surface area contributed by atoms with Gasteiger partial charge in [-0.3, -0.25) is 0 Å². The van der Waals surface area contributed by atoms with E-state index in [1.165, 1.54) is 43.3 Å². The maximum atomic E-state index is 3.93. The molecule has 13 heavy (non-hydrogen) atoms. The van der Waals surface area contributed by atoms with Crippen LogP contribution in [0.4, 0.5) is 0 Å². The fourth-order valence-corrected chi connectivity index (χ4v) is 1.86. The molecule has 0 aromatic heterocycles. The van der Waals surface area contributed by atoms with Crippen LogP contribution in [-0.4, -0.2) is 12.1 Å². The predicted molar refractivity (Wildman–Crippen MR) is 55.2 cm³/mol. The fourth-order valence-electron chi connectivity index (χ4n) is 1.86. The first-order chi connectivity index (χ1) is 6.47. The number of hydrogen-bond acceptors (Lipinski definition) is 2. The Morgan fingerprint density at radius 2 is 1.77 bits per heavy atom. The second kappa shape index (κ2) is 4.20. The molecule has 0 aromatic carbocycles. The van der Waals surface area contributed by atoms with Crippen LogP contribution in [-0.2, 0) is 0 Å². The van der Waals surface area contributed by atoms with Crippen LogP contribution in [0.5, 0.6) is 0 Å². The van der Waals surface area contributed by atoms with Crippen molar-refractivity contribution in [1.29, 1.82) is 0 Å². The Bertz CT molecular complexity index is 304. The summed E-state index contributed by atoms with van der Waals surface area (Å²) in [6.07, 6.45) is 11.5. The van der Waals surface area contributed by atoms with Crippen molar-refractivity contribution < 1.29 is 0 Å².